The van der Waals surface area contributed by atoms with E-state index >= 15 is 0 Å². The zero-order chi connectivity index (χ0) is 25.4. The van der Waals surface area contributed by atoms with Gasteiger partial charge in [0, 0.05) is 60.9 Å². The van der Waals surface area contributed by atoms with Gasteiger partial charge >= 0.3 is 0 Å². The molecular formula is C31H35N5. The Balaban J connectivity index is 1.67. The third-order valence-electron chi connectivity index (χ3n) is 7.35. The van der Waals surface area contributed by atoms with E-state index in [0.717, 1.165) is 24.5 Å². The zero-order valence-electron chi connectivity index (χ0n) is 22.0. The Kier molecular flexibility index (Phi) is 6.40. The molecule has 3 heterocycles. The third-order valence-corrected chi connectivity index (χ3v) is 7.35. The summed E-state index contributed by atoms with van der Waals surface area (Å²) in [5.74, 6) is 1.19. The number of benzene rings is 2. The van der Waals surface area contributed by atoms with Crippen LogP contribution in [-0.4, -0.2) is 35.1 Å². The maximum atomic E-state index is 4.73. The van der Waals surface area contributed by atoms with E-state index in [1.165, 1.54) is 50.1 Å². The average molecular weight is 478 g/mol. The number of H-pyrrole nitrogens is 1. The van der Waals surface area contributed by atoms with Crippen molar-refractivity contribution in [2.24, 2.45) is 0 Å². The van der Waals surface area contributed by atoms with Crippen molar-refractivity contribution in [2.75, 3.05) is 29.9 Å². The molecule has 0 saturated carbocycles. The van der Waals surface area contributed by atoms with Crippen molar-refractivity contribution in [2.45, 2.75) is 40.0 Å². The third kappa shape index (κ3) is 4.30. The molecule has 5 heteroatoms. The van der Waals surface area contributed by atoms with Gasteiger partial charge in [-0.1, -0.05) is 50.8 Å². The van der Waals surface area contributed by atoms with Gasteiger partial charge in [0.2, 0.25) is 5.95 Å². The van der Waals surface area contributed by atoms with E-state index in [9.17, 15) is 0 Å². The maximum Gasteiger partial charge on any atom is 0.225 e. The predicted octanol–water partition coefficient (Wildman–Crippen LogP) is 7.01. The molecule has 0 bridgehead atoms. The highest BCUT2D eigenvalue weighted by Crippen LogP contribution is 2.38. The van der Waals surface area contributed by atoms with Crippen LogP contribution in [-0.2, 0) is 0 Å². The van der Waals surface area contributed by atoms with E-state index in [-0.39, 0.29) is 0 Å². The van der Waals surface area contributed by atoms with Crippen molar-refractivity contribution in [1.29, 1.82) is 0 Å². The van der Waals surface area contributed by atoms with Gasteiger partial charge < -0.3 is 14.8 Å². The molecule has 1 aliphatic heterocycles. The van der Waals surface area contributed by atoms with Gasteiger partial charge in [-0.05, 0) is 66.2 Å². The molecule has 1 saturated heterocycles. The van der Waals surface area contributed by atoms with Gasteiger partial charge in [0.1, 0.15) is 0 Å². The number of aromatic amines is 1. The molecule has 184 valence electrons. The average Bonchev–Trinajstić information content (AvgIpc) is 3.38. The Morgan fingerprint density at radius 1 is 1.03 bits per heavy atom. The van der Waals surface area contributed by atoms with Gasteiger partial charge in [0.15, 0.2) is 0 Å². The lowest BCUT2D eigenvalue weighted by molar-refractivity contribution is 0.737. The lowest BCUT2D eigenvalue weighted by atomic mass is 9.91. The van der Waals surface area contributed by atoms with Crippen LogP contribution in [0.1, 0.15) is 48.4 Å². The fourth-order valence-corrected chi connectivity index (χ4v) is 5.12. The summed E-state index contributed by atoms with van der Waals surface area (Å²) in [6.45, 7) is 14.8. The predicted molar refractivity (Wildman–Crippen MR) is 152 cm³/mol. The van der Waals surface area contributed by atoms with Gasteiger partial charge in [-0.15, -0.1) is 0 Å². The summed E-state index contributed by atoms with van der Waals surface area (Å²) in [7, 11) is 2.17. The molecule has 1 fully saturated rings. The Morgan fingerprint density at radius 3 is 2.50 bits per heavy atom. The Bertz CT molecular complexity index is 1440. The lowest BCUT2D eigenvalue weighted by Crippen LogP contribution is -2.35. The van der Waals surface area contributed by atoms with Gasteiger partial charge in [0.05, 0.1) is 5.70 Å². The van der Waals surface area contributed by atoms with Crippen molar-refractivity contribution in [3.63, 3.8) is 0 Å². The van der Waals surface area contributed by atoms with Crippen LogP contribution in [0.4, 0.5) is 11.6 Å². The van der Waals surface area contributed by atoms with Crippen LogP contribution < -0.4 is 9.80 Å². The van der Waals surface area contributed by atoms with Gasteiger partial charge in [-0.3, -0.25) is 0 Å². The van der Waals surface area contributed by atoms with E-state index in [1.807, 2.05) is 18.6 Å². The first-order valence-corrected chi connectivity index (χ1v) is 12.7. The Hall–Kier alpha value is -3.86. The van der Waals surface area contributed by atoms with Gasteiger partial charge in [-0.2, -0.15) is 0 Å². The highest BCUT2D eigenvalue weighted by Gasteiger charge is 2.27. The number of hydrogen-bond acceptors (Lipinski definition) is 4. The number of anilines is 2. The highest BCUT2D eigenvalue weighted by atomic mass is 15.3. The standard InChI is InChI=1S/C31H35N5/c1-20(2)24-17-33-31(34-18-24)36-16-14-21(3)27(19-36)30(35(6)28-10-8-7-9-22(28)4)26-12-11-23(5)29-25(26)13-15-32-29/h7-13,15,17-18,20,32H,3,14,16,19H2,1-2,4-6H3/b30-27-. The van der Waals surface area contributed by atoms with Crippen LogP contribution in [0.3, 0.4) is 0 Å². The van der Waals surface area contributed by atoms with Crippen LogP contribution in [0.25, 0.3) is 16.6 Å². The van der Waals surface area contributed by atoms with E-state index in [0.29, 0.717) is 12.5 Å². The summed E-state index contributed by atoms with van der Waals surface area (Å²) in [6.07, 6.45) is 6.83. The van der Waals surface area contributed by atoms with E-state index < -0.39 is 0 Å². The monoisotopic (exact) mass is 477 g/mol. The number of aryl methyl sites for hydroxylation is 2. The molecule has 0 radical (unpaired) electrons. The molecule has 0 aliphatic carbocycles. The largest absolute Gasteiger partial charge is 0.361 e. The fourth-order valence-electron chi connectivity index (χ4n) is 5.12. The SMILES string of the molecule is C=C1CCN(c2ncc(C(C)C)cn2)C/C1=C(\c1ccc(C)c2[nH]ccc12)N(C)c1ccccc1C. The molecule has 5 nitrogen and oxygen atoms in total. The second-order valence-electron chi connectivity index (χ2n) is 10.1. The van der Waals surface area contributed by atoms with Crippen molar-refractivity contribution in [3.8, 4) is 0 Å². The minimum absolute atomic E-state index is 0.412. The number of rotatable bonds is 5. The highest BCUT2D eigenvalue weighted by molar-refractivity contribution is 5.99. The quantitative estimate of drug-likeness (QED) is 0.336. The summed E-state index contributed by atoms with van der Waals surface area (Å²) in [4.78, 5) is 17.5. The van der Waals surface area contributed by atoms with E-state index in [4.69, 9.17) is 9.97 Å². The molecule has 4 aromatic rings. The first-order valence-electron chi connectivity index (χ1n) is 12.7. The van der Waals surface area contributed by atoms with Crippen LogP contribution in [0.5, 0.6) is 0 Å². The number of piperidine rings is 1. The fraction of sp³-hybridized carbons (Fsp3) is 0.290. The van der Waals surface area contributed by atoms with Crippen molar-refractivity contribution >= 4 is 28.2 Å². The zero-order valence-corrected chi connectivity index (χ0v) is 22.0. The molecule has 0 amide bonds. The Morgan fingerprint density at radius 2 is 1.78 bits per heavy atom. The lowest BCUT2D eigenvalue weighted by Gasteiger charge is -2.35. The number of hydrogen-bond donors (Lipinski definition) is 1. The summed E-state index contributed by atoms with van der Waals surface area (Å²) >= 11 is 0. The molecule has 1 aliphatic rings. The van der Waals surface area contributed by atoms with Crippen molar-refractivity contribution in [3.05, 3.63) is 101 Å². The molecule has 36 heavy (non-hydrogen) atoms. The molecule has 0 atom stereocenters. The molecule has 5 rings (SSSR count). The van der Waals surface area contributed by atoms with Crippen LogP contribution in [0.2, 0.25) is 0 Å². The van der Waals surface area contributed by atoms with E-state index in [2.05, 4.69) is 98.6 Å². The van der Waals surface area contributed by atoms with Crippen LogP contribution in [0.15, 0.2) is 78.8 Å². The summed E-state index contributed by atoms with van der Waals surface area (Å²) in [5.41, 5.74) is 10.8. The molecule has 2 aromatic carbocycles. The number of aromatic nitrogens is 3. The molecule has 0 spiro atoms. The minimum atomic E-state index is 0.412. The summed E-state index contributed by atoms with van der Waals surface area (Å²) in [5, 5.41) is 1.22. The molecule has 2 aromatic heterocycles. The Labute approximate surface area is 214 Å². The first kappa shape index (κ1) is 23.9. The first-order chi connectivity index (χ1) is 17.3. The summed E-state index contributed by atoms with van der Waals surface area (Å²) in [6, 6.07) is 15.2. The van der Waals surface area contributed by atoms with Gasteiger partial charge in [-0.25, -0.2) is 9.97 Å². The topological polar surface area (TPSA) is 48.1 Å². The van der Waals surface area contributed by atoms with Gasteiger partial charge in [0.25, 0.3) is 0 Å². The number of nitrogens with zero attached hydrogens (tertiary/aromatic N) is 4. The molecule has 1 N–H and O–H groups in total. The normalized spacial score (nSPS) is 15.6. The van der Waals surface area contributed by atoms with Crippen molar-refractivity contribution < 1.29 is 0 Å². The maximum absolute atomic E-state index is 4.73. The molecule has 0 unspecified atom stereocenters. The molecular weight excluding hydrogens is 442 g/mol. The second kappa shape index (κ2) is 9.65. The van der Waals surface area contributed by atoms with Crippen LogP contribution in [0, 0.1) is 13.8 Å². The number of nitrogens with one attached hydrogen (secondary N) is 1. The smallest absolute Gasteiger partial charge is 0.225 e. The van der Waals surface area contributed by atoms with Crippen molar-refractivity contribution in [1.82, 2.24) is 15.0 Å². The number of para-hydroxylation sites is 1. The number of fused-ring (bicyclic) bond motifs is 1. The summed E-state index contributed by atoms with van der Waals surface area (Å²) < 4.78 is 0. The minimum Gasteiger partial charge on any atom is -0.361 e. The second-order valence-corrected chi connectivity index (χ2v) is 10.1. The van der Waals surface area contributed by atoms with Crippen LogP contribution >= 0.6 is 0 Å². The van der Waals surface area contributed by atoms with E-state index in [1.54, 1.807) is 0 Å².